The first-order valence-electron chi connectivity index (χ1n) is 12.2. The summed E-state index contributed by atoms with van der Waals surface area (Å²) in [5.74, 6) is -5.60. The van der Waals surface area contributed by atoms with E-state index in [1.165, 1.54) is 6.92 Å². The van der Waals surface area contributed by atoms with Gasteiger partial charge in [-0.3, -0.25) is 9.59 Å². The first-order valence-corrected chi connectivity index (χ1v) is 13.0. The van der Waals surface area contributed by atoms with Crippen LogP contribution in [-0.4, -0.2) is 37.3 Å². The van der Waals surface area contributed by atoms with Crippen LogP contribution in [-0.2, 0) is 11.8 Å². The van der Waals surface area contributed by atoms with Crippen molar-refractivity contribution in [2.45, 2.75) is 37.7 Å². The third-order valence-electron chi connectivity index (χ3n) is 6.22. The van der Waals surface area contributed by atoms with Gasteiger partial charge in [-0.25, -0.2) is 8.78 Å². The van der Waals surface area contributed by atoms with Gasteiger partial charge in [-0.05, 0) is 71.4 Å². The Balaban J connectivity index is 2.04. The summed E-state index contributed by atoms with van der Waals surface area (Å²) in [7, 11) is 0. The summed E-state index contributed by atoms with van der Waals surface area (Å²) in [6, 6.07) is 5.15. The first-order chi connectivity index (χ1) is 21.0. The molecule has 0 atom stereocenters. The molecule has 3 rings (SSSR count). The number of nitrogens with one attached hydrogen (secondary N) is 1. The van der Waals surface area contributed by atoms with E-state index in [1.807, 2.05) is 0 Å². The minimum Gasteiger partial charge on any atom is -0.433 e. The quantitative estimate of drug-likeness (QED) is 0.234. The highest BCUT2D eigenvalue weighted by Gasteiger charge is 2.73. The fourth-order valence-electron chi connectivity index (χ4n) is 4.04. The molecule has 0 saturated heterocycles. The van der Waals surface area contributed by atoms with Crippen molar-refractivity contribution in [2.24, 2.45) is 0 Å². The molecule has 3 aromatic carbocycles. The normalized spacial score (nSPS) is 12.7. The number of rotatable bonds is 8. The summed E-state index contributed by atoms with van der Waals surface area (Å²) < 4.78 is 178. The van der Waals surface area contributed by atoms with E-state index in [-0.39, 0.29) is 24.2 Å². The van der Waals surface area contributed by atoms with Gasteiger partial charge in [-0.1, -0.05) is 6.07 Å². The second-order valence-electron chi connectivity index (χ2n) is 9.08. The lowest BCUT2D eigenvalue weighted by atomic mass is 9.93. The van der Waals surface area contributed by atoms with E-state index in [0.29, 0.717) is 12.1 Å². The molecule has 0 bridgehead atoms. The lowest BCUT2D eigenvalue weighted by Gasteiger charge is -2.31. The van der Waals surface area contributed by atoms with E-state index in [4.69, 9.17) is 0 Å². The maximum absolute atomic E-state index is 15.6. The molecule has 0 spiro atoms. The molecule has 0 aliphatic rings. The second kappa shape index (κ2) is 13.0. The molecule has 0 saturated carbocycles. The van der Waals surface area contributed by atoms with Crippen LogP contribution in [0.4, 0.5) is 68.5 Å². The summed E-state index contributed by atoms with van der Waals surface area (Å²) in [4.78, 5) is 26.7. The highest BCUT2D eigenvalue weighted by Crippen LogP contribution is 2.55. The predicted octanol–water partition coefficient (Wildman–Crippen LogP) is 9.42. The number of anilines is 2. The average molecular weight is 743 g/mol. The topological polar surface area (TPSA) is 58.6 Å². The number of benzene rings is 3. The van der Waals surface area contributed by atoms with E-state index in [2.05, 4.69) is 20.7 Å². The van der Waals surface area contributed by atoms with Crippen LogP contribution in [0.1, 0.15) is 38.8 Å². The van der Waals surface area contributed by atoms with Crippen LogP contribution in [0, 0.1) is 5.82 Å². The van der Waals surface area contributed by atoms with E-state index in [1.54, 1.807) is 5.32 Å². The SMILES string of the molecule is CCN(C(=O)c1ccc(C(F)(F)F)cc1)c1cccc(C(=O)Nc2c(Br)cc(C(F)(C(F)(F)F)C(F)(F)F)cc2OC(F)F)c1F. The number of alkyl halides is 12. The summed E-state index contributed by atoms with van der Waals surface area (Å²) >= 11 is 2.49. The Bertz CT molecular complexity index is 1590. The van der Waals surface area contributed by atoms with Crippen molar-refractivity contribution in [2.75, 3.05) is 16.8 Å². The fraction of sp³-hybridized carbons (Fsp3) is 0.259. The van der Waals surface area contributed by atoms with Gasteiger partial charge in [0.25, 0.3) is 11.8 Å². The summed E-state index contributed by atoms with van der Waals surface area (Å²) in [5, 5.41) is 1.78. The minimum absolute atomic E-state index is 0.108. The molecule has 5 nitrogen and oxygen atoms in total. The fourth-order valence-corrected chi connectivity index (χ4v) is 4.59. The Morgan fingerprint density at radius 3 is 1.91 bits per heavy atom. The van der Waals surface area contributed by atoms with Gasteiger partial charge < -0.3 is 15.0 Å². The van der Waals surface area contributed by atoms with Gasteiger partial charge >= 0.3 is 30.8 Å². The van der Waals surface area contributed by atoms with Gasteiger partial charge in [0.1, 0.15) is 0 Å². The zero-order chi connectivity index (χ0) is 35.0. The average Bonchev–Trinajstić information content (AvgIpc) is 2.93. The molecular weight excluding hydrogens is 727 g/mol. The van der Waals surface area contributed by atoms with Crippen LogP contribution >= 0.6 is 15.9 Å². The van der Waals surface area contributed by atoms with Crippen molar-refractivity contribution < 1.29 is 71.4 Å². The van der Waals surface area contributed by atoms with E-state index in [0.717, 1.165) is 35.2 Å². The van der Waals surface area contributed by atoms with Crippen LogP contribution in [0.25, 0.3) is 0 Å². The van der Waals surface area contributed by atoms with Gasteiger partial charge in [-0.2, -0.15) is 48.3 Å². The number of halogens is 14. The summed E-state index contributed by atoms with van der Waals surface area (Å²) in [6.07, 6.45) is -18.0. The van der Waals surface area contributed by atoms with Crippen LogP contribution in [0.5, 0.6) is 5.75 Å². The van der Waals surface area contributed by atoms with Gasteiger partial charge in [0.05, 0.1) is 22.5 Å². The smallest absolute Gasteiger partial charge is 0.433 e. The molecule has 0 aliphatic heterocycles. The van der Waals surface area contributed by atoms with Crippen molar-refractivity contribution in [3.8, 4) is 5.75 Å². The number of hydrogen-bond donors (Lipinski definition) is 1. The van der Waals surface area contributed by atoms with Crippen LogP contribution in [0.2, 0.25) is 0 Å². The molecule has 19 heteroatoms. The standard InChI is InChI=1S/C27H16BrF13N2O3/c1-2-43(22(45)12-6-8-13(9-7-12)25(33,34)35)17-5-3-4-15(19(17)29)21(44)42-20-16(28)10-14(11-18(20)46-23(30)31)24(32,26(36,37)38)27(39,40)41/h3-11,23H,2H2,1H3,(H,42,44). The highest BCUT2D eigenvalue weighted by molar-refractivity contribution is 9.10. The number of ether oxygens (including phenoxy) is 1. The van der Waals surface area contributed by atoms with Crippen molar-refractivity contribution in [1.82, 2.24) is 0 Å². The van der Waals surface area contributed by atoms with Gasteiger partial charge in [0.2, 0.25) is 0 Å². The zero-order valence-corrected chi connectivity index (χ0v) is 24.0. The Morgan fingerprint density at radius 2 is 1.43 bits per heavy atom. The summed E-state index contributed by atoms with van der Waals surface area (Å²) in [5.41, 5.74) is -12.3. The molecule has 0 unspecified atom stereocenters. The molecule has 0 aliphatic carbocycles. The number of nitrogens with zero attached hydrogens (tertiary/aromatic N) is 1. The molecule has 250 valence electrons. The van der Waals surface area contributed by atoms with E-state index < -0.39 is 86.7 Å². The third-order valence-corrected chi connectivity index (χ3v) is 6.85. The lowest BCUT2D eigenvalue weighted by molar-refractivity contribution is -0.348. The Morgan fingerprint density at radius 1 is 0.870 bits per heavy atom. The second-order valence-corrected chi connectivity index (χ2v) is 9.94. The van der Waals surface area contributed by atoms with Crippen molar-refractivity contribution in [3.63, 3.8) is 0 Å². The van der Waals surface area contributed by atoms with Gasteiger partial charge in [0.15, 0.2) is 11.6 Å². The Labute approximate surface area is 258 Å². The van der Waals surface area contributed by atoms with E-state index in [9.17, 15) is 62.3 Å². The Kier molecular flexibility index (Phi) is 10.3. The van der Waals surface area contributed by atoms with Crippen LogP contribution < -0.4 is 15.0 Å². The van der Waals surface area contributed by atoms with Crippen LogP contribution in [0.15, 0.2) is 59.1 Å². The largest absolute Gasteiger partial charge is 0.435 e. The molecule has 3 aromatic rings. The number of hydrogen-bond acceptors (Lipinski definition) is 3. The summed E-state index contributed by atoms with van der Waals surface area (Å²) in [6.45, 7) is -2.88. The minimum atomic E-state index is -6.63. The maximum atomic E-state index is 15.6. The maximum Gasteiger partial charge on any atom is 0.435 e. The monoisotopic (exact) mass is 742 g/mol. The van der Waals surface area contributed by atoms with Crippen LogP contribution in [0.3, 0.4) is 0 Å². The zero-order valence-electron chi connectivity index (χ0n) is 22.4. The molecule has 2 amide bonds. The number of carbonyl (C=O) groups excluding carboxylic acids is 2. The number of carbonyl (C=O) groups is 2. The molecule has 1 N–H and O–H groups in total. The number of amides is 2. The molecular formula is C27H16BrF13N2O3. The van der Waals surface area contributed by atoms with Crippen molar-refractivity contribution >= 4 is 39.1 Å². The molecule has 0 radical (unpaired) electrons. The first kappa shape index (κ1) is 36.4. The molecule has 46 heavy (non-hydrogen) atoms. The predicted molar refractivity (Wildman–Crippen MR) is 139 cm³/mol. The third kappa shape index (κ3) is 7.18. The highest BCUT2D eigenvalue weighted by atomic mass is 79.9. The van der Waals surface area contributed by atoms with Gasteiger partial charge in [-0.15, -0.1) is 0 Å². The molecule has 0 heterocycles. The Hall–Kier alpha value is -4.03. The van der Waals surface area contributed by atoms with Crippen molar-refractivity contribution in [3.05, 3.63) is 87.1 Å². The molecule has 0 fully saturated rings. The van der Waals surface area contributed by atoms with Crippen molar-refractivity contribution in [1.29, 1.82) is 0 Å². The van der Waals surface area contributed by atoms with Gasteiger partial charge in [0, 0.05) is 22.1 Å². The lowest BCUT2D eigenvalue weighted by Crippen LogP contribution is -2.50. The van der Waals surface area contributed by atoms with E-state index >= 15 is 4.39 Å². The molecule has 0 aromatic heterocycles.